The predicted molar refractivity (Wildman–Crippen MR) is 92.5 cm³/mol. The number of carboxylic acid groups (broad SMARTS) is 1. The van der Waals surface area contributed by atoms with E-state index in [1.807, 2.05) is 0 Å². The fourth-order valence-corrected chi connectivity index (χ4v) is 4.14. The van der Waals surface area contributed by atoms with Gasteiger partial charge in [0.15, 0.2) is 6.10 Å². The van der Waals surface area contributed by atoms with Crippen LogP contribution in [0.2, 0.25) is 0 Å². The van der Waals surface area contributed by atoms with E-state index in [-0.39, 0.29) is 30.8 Å². The maximum Gasteiger partial charge on any atom is 0.347 e. The molecule has 8 nitrogen and oxygen atoms in total. The number of nitrogens with one attached hydrogen (secondary N) is 1. The molecular formula is C17H23NO7S. The number of carboxylic acids is 1. The molecule has 0 aliphatic carbocycles. The third kappa shape index (κ3) is 4.95. The van der Waals surface area contributed by atoms with Gasteiger partial charge < -0.3 is 14.6 Å². The van der Waals surface area contributed by atoms with Crippen LogP contribution in [-0.4, -0.2) is 43.7 Å². The van der Waals surface area contributed by atoms with Gasteiger partial charge in [-0.1, -0.05) is 0 Å². The molecule has 1 aliphatic rings. The molecule has 9 heteroatoms. The first-order valence-corrected chi connectivity index (χ1v) is 9.74. The lowest BCUT2D eigenvalue weighted by molar-refractivity contribution is -0.150. The van der Waals surface area contributed by atoms with Gasteiger partial charge >= 0.3 is 11.9 Å². The molecule has 1 atom stereocenters. The quantitative estimate of drug-likeness (QED) is 0.650. The van der Waals surface area contributed by atoms with Crippen molar-refractivity contribution in [3.05, 3.63) is 23.8 Å². The Kier molecular flexibility index (Phi) is 5.92. The van der Waals surface area contributed by atoms with E-state index in [4.69, 9.17) is 14.6 Å². The van der Waals surface area contributed by atoms with Gasteiger partial charge in [0.1, 0.15) is 5.75 Å². The van der Waals surface area contributed by atoms with Crippen molar-refractivity contribution in [1.29, 1.82) is 0 Å². The number of carbonyl (C=O) groups is 2. The number of aliphatic carboxylic acids is 1. The second kappa shape index (κ2) is 7.63. The Morgan fingerprint density at radius 3 is 2.69 bits per heavy atom. The van der Waals surface area contributed by atoms with Crippen molar-refractivity contribution in [3.8, 4) is 5.75 Å². The lowest BCUT2D eigenvalue weighted by atomic mass is 10.0. The SMILES string of the molecule is CCOC(=O)C1Cc2cc(S(=O)(=O)NC(C)(C)CCC(=O)O)ccc2O1. The number of hydrogen-bond acceptors (Lipinski definition) is 6. The monoisotopic (exact) mass is 385 g/mol. The number of rotatable bonds is 8. The number of carbonyl (C=O) groups excluding carboxylic acids is 1. The Morgan fingerprint density at radius 2 is 2.08 bits per heavy atom. The lowest BCUT2D eigenvalue weighted by Crippen LogP contribution is -2.43. The Hall–Kier alpha value is -2.13. The highest BCUT2D eigenvalue weighted by Crippen LogP contribution is 2.31. The average Bonchev–Trinajstić information content (AvgIpc) is 2.95. The summed E-state index contributed by atoms with van der Waals surface area (Å²) in [6, 6.07) is 4.36. The molecule has 0 saturated heterocycles. The van der Waals surface area contributed by atoms with Gasteiger partial charge in [0.2, 0.25) is 10.0 Å². The molecule has 1 aromatic carbocycles. The van der Waals surface area contributed by atoms with Gasteiger partial charge in [0.25, 0.3) is 0 Å². The summed E-state index contributed by atoms with van der Waals surface area (Å²) in [5, 5.41) is 8.78. The normalized spacial score (nSPS) is 16.7. The molecule has 2 rings (SSSR count). The van der Waals surface area contributed by atoms with E-state index in [9.17, 15) is 18.0 Å². The van der Waals surface area contributed by atoms with Crippen molar-refractivity contribution >= 4 is 22.0 Å². The summed E-state index contributed by atoms with van der Waals surface area (Å²) in [7, 11) is -3.85. The van der Waals surface area contributed by atoms with E-state index in [0.717, 1.165) is 0 Å². The first-order chi connectivity index (χ1) is 12.0. The Bertz CT molecular complexity index is 801. The van der Waals surface area contributed by atoms with Crippen molar-refractivity contribution in [2.24, 2.45) is 0 Å². The minimum Gasteiger partial charge on any atom is -0.481 e. The predicted octanol–water partition coefficient (Wildman–Crippen LogP) is 1.47. The minimum atomic E-state index is -3.85. The van der Waals surface area contributed by atoms with Crippen molar-refractivity contribution in [2.75, 3.05) is 6.61 Å². The highest BCUT2D eigenvalue weighted by Gasteiger charge is 2.32. The van der Waals surface area contributed by atoms with Crippen LogP contribution in [0.15, 0.2) is 23.1 Å². The second-order valence-electron chi connectivity index (χ2n) is 6.72. The van der Waals surface area contributed by atoms with Gasteiger partial charge in [-0.15, -0.1) is 0 Å². The van der Waals surface area contributed by atoms with Crippen LogP contribution in [0.1, 0.15) is 39.2 Å². The molecule has 1 aliphatic heterocycles. The maximum absolute atomic E-state index is 12.6. The molecule has 0 fully saturated rings. The molecule has 1 unspecified atom stereocenters. The number of benzene rings is 1. The van der Waals surface area contributed by atoms with E-state index in [0.29, 0.717) is 11.3 Å². The highest BCUT2D eigenvalue weighted by atomic mass is 32.2. The average molecular weight is 385 g/mol. The van der Waals surface area contributed by atoms with Gasteiger partial charge in [0.05, 0.1) is 11.5 Å². The number of hydrogen-bond donors (Lipinski definition) is 2. The molecule has 0 spiro atoms. The summed E-state index contributed by atoms with van der Waals surface area (Å²) in [4.78, 5) is 22.5. The van der Waals surface area contributed by atoms with E-state index in [1.165, 1.54) is 18.2 Å². The van der Waals surface area contributed by atoms with Crippen molar-refractivity contribution < 1.29 is 32.6 Å². The molecule has 0 radical (unpaired) electrons. The third-order valence-corrected chi connectivity index (χ3v) is 5.64. The largest absolute Gasteiger partial charge is 0.481 e. The van der Waals surface area contributed by atoms with Crippen LogP contribution in [0.4, 0.5) is 0 Å². The molecule has 0 amide bonds. The van der Waals surface area contributed by atoms with Crippen LogP contribution in [0.5, 0.6) is 5.75 Å². The van der Waals surface area contributed by atoms with Crippen LogP contribution < -0.4 is 9.46 Å². The zero-order valence-corrected chi connectivity index (χ0v) is 15.8. The van der Waals surface area contributed by atoms with E-state index in [2.05, 4.69) is 4.72 Å². The molecule has 0 saturated carbocycles. The van der Waals surface area contributed by atoms with Crippen LogP contribution in [0.3, 0.4) is 0 Å². The zero-order valence-electron chi connectivity index (χ0n) is 14.9. The standard InChI is InChI=1S/C17H23NO7S/c1-4-24-16(21)14-10-11-9-12(5-6-13(11)25-14)26(22,23)18-17(2,3)8-7-15(19)20/h5-6,9,14,18H,4,7-8,10H2,1-3H3,(H,19,20). The zero-order chi connectivity index (χ0) is 19.5. The summed E-state index contributed by atoms with van der Waals surface area (Å²) < 4.78 is 38.2. The van der Waals surface area contributed by atoms with Gasteiger partial charge in [0, 0.05) is 18.4 Å². The summed E-state index contributed by atoms with van der Waals surface area (Å²) in [5.74, 6) is -1.02. The minimum absolute atomic E-state index is 0.0350. The first-order valence-electron chi connectivity index (χ1n) is 8.26. The van der Waals surface area contributed by atoms with E-state index < -0.39 is 33.6 Å². The van der Waals surface area contributed by atoms with Gasteiger partial charge in [-0.05, 0) is 51.0 Å². The number of ether oxygens (including phenoxy) is 2. The Balaban J connectivity index is 2.14. The van der Waals surface area contributed by atoms with E-state index in [1.54, 1.807) is 20.8 Å². The van der Waals surface area contributed by atoms with Crippen molar-refractivity contribution in [3.63, 3.8) is 0 Å². The smallest absolute Gasteiger partial charge is 0.347 e. The molecule has 0 bridgehead atoms. The van der Waals surface area contributed by atoms with Crippen molar-refractivity contribution in [2.45, 2.75) is 56.6 Å². The Labute approximate surface area is 152 Å². The van der Waals surface area contributed by atoms with Gasteiger partial charge in [-0.25, -0.2) is 17.9 Å². The van der Waals surface area contributed by atoms with Crippen LogP contribution >= 0.6 is 0 Å². The Morgan fingerprint density at radius 1 is 1.38 bits per heavy atom. The molecule has 26 heavy (non-hydrogen) atoms. The third-order valence-electron chi connectivity index (χ3n) is 3.94. The molecular weight excluding hydrogens is 362 g/mol. The van der Waals surface area contributed by atoms with Gasteiger partial charge in [-0.3, -0.25) is 4.79 Å². The number of sulfonamides is 1. The first kappa shape index (κ1) is 20.2. The number of esters is 1. The summed E-state index contributed by atoms with van der Waals surface area (Å²) in [5.41, 5.74) is -0.311. The molecule has 0 aromatic heterocycles. The second-order valence-corrected chi connectivity index (χ2v) is 8.40. The topological polar surface area (TPSA) is 119 Å². The van der Waals surface area contributed by atoms with Crippen molar-refractivity contribution in [1.82, 2.24) is 4.72 Å². The van der Waals surface area contributed by atoms with Crippen LogP contribution in [-0.2, 0) is 30.8 Å². The fourth-order valence-electron chi connectivity index (χ4n) is 2.65. The van der Waals surface area contributed by atoms with E-state index >= 15 is 0 Å². The summed E-state index contributed by atoms with van der Waals surface area (Å²) >= 11 is 0. The number of fused-ring (bicyclic) bond motifs is 1. The van der Waals surface area contributed by atoms with Gasteiger partial charge in [-0.2, -0.15) is 0 Å². The molecule has 2 N–H and O–H groups in total. The maximum atomic E-state index is 12.6. The highest BCUT2D eigenvalue weighted by molar-refractivity contribution is 7.89. The molecule has 144 valence electrons. The molecule has 1 heterocycles. The lowest BCUT2D eigenvalue weighted by Gasteiger charge is -2.25. The van der Waals surface area contributed by atoms with Crippen LogP contribution in [0.25, 0.3) is 0 Å². The summed E-state index contributed by atoms with van der Waals surface area (Å²) in [6.07, 6.45) is -0.530. The summed E-state index contributed by atoms with van der Waals surface area (Å²) in [6.45, 7) is 5.19. The fraction of sp³-hybridized carbons (Fsp3) is 0.529. The van der Waals surface area contributed by atoms with Crippen LogP contribution in [0, 0.1) is 0 Å². The molecule has 1 aromatic rings.